The Balaban J connectivity index is 1.83. The third-order valence-electron chi connectivity index (χ3n) is 2.91. The van der Waals surface area contributed by atoms with Crippen LogP contribution in [-0.4, -0.2) is 29.9 Å². The number of ketones is 1. The number of carbonyl (C=O) groups excluding carboxylic acids is 2. The molecule has 0 bridgehead atoms. The number of hydrogen-bond donors (Lipinski definition) is 0. The summed E-state index contributed by atoms with van der Waals surface area (Å²) in [7, 11) is 1.60. The number of ether oxygens (including phenoxy) is 2. The van der Waals surface area contributed by atoms with Gasteiger partial charge in [-0.3, -0.25) is 9.59 Å². The zero-order valence-electron chi connectivity index (χ0n) is 11.4. The van der Waals surface area contributed by atoms with Crippen molar-refractivity contribution in [1.29, 1.82) is 0 Å². The topological polar surface area (TPSA) is 52.6 Å². The first-order valence-corrected chi connectivity index (χ1v) is 7.16. The number of rotatable bonds is 6. The van der Waals surface area contributed by atoms with E-state index in [4.69, 9.17) is 9.47 Å². The molecule has 0 N–H and O–H groups in total. The number of methoxy groups -OCH3 is 1. The lowest BCUT2D eigenvalue weighted by atomic mass is 10.1. The quantitative estimate of drug-likeness (QED) is 0.805. The van der Waals surface area contributed by atoms with Crippen molar-refractivity contribution in [3.05, 3.63) is 41.7 Å². The van der Waals surface area contributed by atoms with E-state index in [1.165, 1.54) is 17.8 Å². The molecule has 0 aromatic heterocycles. The van der Waals surface area contributed by atoms with Gasteiger partial charge in [-0.25, -0.2) is 0 Å². The first kappa shape index (κ1) is 14.7. The van der Waals surface area contributed by atoms with Gasteiger partial charge in [0.2, 0.25) is 5.12 Å². The molecule has 0 spiro atoms. The number of carbonyl (C=O) groups is 2. The van der Waals surface area contributed by atoms with Crippen molar-refractivity contribution in [2.75, 3.05) is 13.7 Å². The van der Waals surface area contributed by atoms with Crippen LogP contribution in [0.3, 0.4) is 0 Å². The van der Waals surface area contributed by atoms with E-state index in [-0.39, 0.29) is 22.8 Å². The summed E-state index contributed by atoms with van der Waals surface area (Å²) in [6.07, 6.45) is 1.77. The molecule has 1 aliphatic rings. The molecule has 1 aliphatic heterocycles. The van der Waals surface area contributed by atoms with Crippen LogP contribution in [0.1, 0.15) is 12.5 Å². The molecule has 1 atom stereocenters. The Kier molecular flexibility index (Phi) is 4.84. The summed E-state index contributed by atoms with van der Waals surface area (Å²) in [6.45, 7) is 1.88. The van der Waals surface area contributed by atoms with E-state index in [9.17, 15) is 9.59 Å². The highest BCUT2D eigenvalue weighted by Crippen LogP contribution is 2.28. The largest absolute Gasteiger partial charge is 0.497 e. The molecule has 0 saturated carbocycles. The second kappa shape index (κ2) is 6.61. The van der Waals surface area contributed by atoms with Gasteiger partial charge in [-0.2, -0.15) is 0 Å². The highest BCUT2D eigenvalue weighted by atomic mass is 32.2. The van der Waals surface area contributed by atoms with Gasteiger partial charge < -0.3 is 9.47 Å². The number of thioether (sulfide) groups is 1. The molecule has 1 aromatic carbocycles. The normalized spacial score (nSPS) is 17.8. The highest BCUT2D eigenvalue weighted by molar-refractivity contribution is 8.15. The van der Waals surface area contributed by atoms with Crippen LogP contribution in [0.2, 0.25) is 0 Å². The van der Waals surface area contributed by atoms with Crippen molar-refractivity contribution < 1.29 is 19.1 Å². The van der Waals surface area contributed by atoms with E-state index < -0.39 is 0 Å². The molecule has 20 heavy (non-hydrogen) atoms. The monoisotopic (exact) mass is 292 g/mol. The molecule has 2 rings (SSSR count). The molecule has 0 fully saturated rings. The van der Waals surface area contributed by atoms with E-state index in [0.717, 1.165) is 11.3 Å². The second-order valence-corrected chi connectivity index (χ2v) is 5.82. The molecular formula is C15H16O4S. The van der Waals surface area contributed by atoms with E-state index in [1.807, 2.05) is 31.2 Å². The minimum atomic E-state index is -0.0207. The van der Waals surface area contributed by atoms with Crippen LogP contribution >= 0.6 is 11.8 Å². The fraction of sp³-hybridized carbons (Fsp3) is 0.333. The third-order valence-corrected chi connectivity index (χ3v) is 3.85. The molecule has 0 saturated heterocycles. The summed E-state index contributed by atoms with van der Waals surface area (Å²) >= 11 is 1.21. The van der Waals surface area contributed by atoms with Crippen LogP contribution in [0, 0.1) is 0 Å². The summed E-state index contributed by atoms with van der Waals surface area (Å²) in [6, 6.07) is 7.35. The molecule has 0 radical (unpaired) electrons. The highest BCUT2D eigenvalue weighted by Gasteiger charge is 2.23. The lowest BCUT2D eigenvalue weighted by Crippen LogP contribution is -2.13. The molecule has 5 heteroatoms. The second-order valence-electron chi connectivity index (χ2n) is 4.48. The van der Waals surface area contributed by atoms with Crippen molar-refractivity contribution in [1.82, 2.24) is 0 Å². The van der Waals surface area contributed by atoms with E-state index in [1.54, 1.807) is 7.11 Å². The van der Waals surface area contributed by atoms with Gasteiger partial charge in [0.1, 0.15) is 18.1 Å². The first-order chi connectivity index (χ1) is 9.58. The van der Waals surface area contributed by atoms with Gasteiger partial charge in [0.25, 0.3) is 0 Å². The Morgan fingerprint density at radius 3 is 2.55 bits per heavy atom. The third kappa shape index (κ3) is 3.87. The number of hydrogen-bond acceptors (Lipinski definition) is 5. The molecule has 106 valence electrons. The smallest absolute Gasteiger partial charge is 0.216 e. The van der Waals surface area contributed by atoms with E-state index in [2.05, 4.69) is 0 Å². The van der Waals surface area contributed by atoms with Crippen molar-refractivity contribution in [2.24, 2.45) is 0 Å². The summed E-state index contributed by atoms with van der Waals surface area (Å²) < 4.78 is 10.5. The average molecular weight is 292 g/mol. The maximum absolute atomic E-state index is 11.8. The van der Waals surface area contributed by atoms with Crippen molar-refractivity contribution in [3.63, 3.8) is 0 Å². The molecular weight excluding hydrogens is 276 g/mol. The van der Waals surface area contributed by atoms with Crippen LogP contribution in [0.15, 0.2) is 36.1 Å². The van der Waals surface area contributed by atoms with Gasteiger partial charge in [0, 0.05) is 12.5 Å². The molecule has 0 amide bonds. The van der Waals surface area contributed by atoms with Crippen molar-refractivity contribution >= 4 is 22.7 Å². The minimum Gasteiger partial charge on any atom is -0.497 e. The Bertz CT molecular complexity index is 533. The molecule has 4 nitrogen and oxygen atoms in total. The average Bonchev–Trinajstić information content (AvgIpc) is 2.75. The maximum Gasteiger partial charge on any atom is 0.216 e. The summed E-state index contributed by atoms with van der Waals surface area (Å²) in [5, 5.41) is -0.0219. The fourth-order valence-electron chi connectivity index (χ4n) is 1.84. The molecule has 1 heterocycles. The van der Waals surface area contributed by atoms with Gasteiger partial charge in [-0.1, -0.05) is 23.9 Å². The van der Waals surface area contributed by atoms with Gasteiger partial charge in [0.15, 0.2) is 5.78 Å². The Morgan fingerprint density at radius 2 is 2.00 bits per heavy atom. The first-order valence-electron chi connectivity index (χ1n) is 6.28. The molecule has 1 unspecified atom stereocenters. The van der Waals surface area contributed by atoms with Gasteiger partial charge in [-0.15, -0.1) is 0 Å². The SMILES string of the molecule is COc1ccc(CC(=O)COC2=CC(=O)SC2C)cc1. The fourth-order valence-corrected chi connectivity index (χ4v) is 2.63. The molecule has 1 aromatic rings. The Morgan fingerprint density at radius 1 is 1.30 bits per heavy atom. The van der Waals surface area contributed by atoms with Crippen LogP contribution in [-0.2, 0) is 20.7 Å². The van der Waals surface area contributed by atoms with Crippen molar-refractivity contribution in [3.8, 4) is 5.75 Å². The Hall–Kier alpha value is -1.75. The Labute approximate surface area is 122 Å². The zero-order valence-corrected chi connectivity index (χ0v) is 12.2. The predicted octanol–water partition coefficient (Wildman–Crippen LogP) is 2.37. The van der Waals surface area contributed by atoms with Crippen LogP contribution < -0.4 is 4.74 Å². The van der Waals surface area contributed by atoms with Gasteiger partial charge >= 0.3 is 0 Å². The van der Waals surface area contributed by atoms with Crippen molar-refractivity contribution in [2.45, 2.75) is 18.6 Å². The zero-order chi connectivity index (χ0) is 14.5. The standard InChI is InChI=1S/C15H16O4S/c1-10-14(8-15(17)20-10)19-9-12(16)7-11-3-5-13(18-2)6-4-11/h3-6,8,10H,7,9H2,1-2H3. The maximum atomic E-state index is 11.8. The lowest BCUT2D eigenvalue weighted by Gasteiger charge is -2.10. The van der Waals surface area contributed by atoms with Gasteiger partial charge in [-0.05, 0) is 24.6 Å². The van der Waals surface area contributed by atoms with E-state index in [0.29, 0.717) is 12.2 Å². The van der Waals surface area contributed by atoms with Crippen LogP contribution in [0.5, 0.6) is 5.75 Å². The van der Waals surface area contributed by atoms with E-state index >= 15 is 0 Å². The predicted molar refractivity (Wildman–Crippen MR) is 77.8 cm³/mol. The number of Topliss-reactive ketones (excluding diaryl/α,β-unsaturated/α-hetero) is 1. The summed E-state index contributed by atoms with van der Waals surface area (Å²) in [4.78, 5) is 23.0. The number of benzene rings is 1. The summed E-state index contributed by atoms with van der Waals surface area (Å²) in [5.74, 6) is 1.33. The minimum absolute atomic E-state index is 0.00344. The summed E-state index contributed by atoms with van der Waals surface area (Å²) in [5.41, 5.74) is 0.915. The lowest BCUT2D eigenvalue weighted by molar-refractivity contribution is -0.121. The van der Waals surface area contributed by atoms with Gasteiger partial charge in [0.05, 0.1) is 12.4 Å². The molecule has 0 aliphatic carbocycles. The van der Waals surface area contributed by atoms with Crippen LogP contribution in [0.4, 0.5) is 0 Å². The van der Waals surface area contributed by atoms with Crippen LogP contribution in [0.25, 0.3) is 0 Å².